The van der Waals surface area contributed by atoms with Gasteiger partial charge in [-0.1, -0.05) is 65.8 Å². The van der Waals surface area contributed by atoms with Gasteiger partial charge in [0, 0.05) is 0 Å². The van der Waals surface area contributed by atoms with Crippen molar-refractivity contribution >= 4 is 5.97 Å². The van der Waals surface area contributed by atoms with Gasteiger partial charge in [0.25, 0.3) is 0 Å². The van der Waals surface area contributed by atoms with Crippen LogP contribution in [-0.4, -0.2) is 11.1 Å². The zero-order valence-electron chi connectivity index (χ0n) is 23.8. The monoisotopic (exact) mass is 490 g/mol. The summed E-state index contributed by atoms with van der Waals surface area (Å²) in [6.45, 7) is 18.8. The predicted molar refractivity (Wildman–Crippen MR) is 149 cm³/mol. The lowest BCUT2D eigenvalue weighted by atomic mass is 9.36. The highest BCUT2D eigenvalue weighted by molar-refractivity contribution is 5.90. The van der Waals surface area contributed by atoms with Gasteiger partial charge in [0.1, 0.15) is 0 Å². The van der Waals surface area contributed by atoms with Gasteiger partial charge in [-0.15, -0.1) is 0 Å². The Labute approximate surface area is 220 Å². The molecular weight excluding hydrogens is 440 g/mol. The van der Waals surface area contributed by atoms with Gasteiger partial charge < -0.3 is 5.11 Å². The molecule has 0 aliphatic heterocycles. The summed E-state index contributed by atoms with van der Waals surface area (Å²) in [5, 5.41) is 9.38. The van der Waals surface area contributed by atoms with E-state index < -0.39 is 5.97 Å². The molecule has 5 aliphatic rings. The third kappa shape index (κ3) is 3.67. The lowest BCUT2D eigenvalue weighted by Gasteiger charge is -2.68. The van der Waals surface area contributed by atoms with Crippen LogP contribution in [0.15, 0.2) is 47.6 Å². The maximum absolute atomic E-state index is 11.4. The van der Waals surface area contributed by atoms with Crippen LogP contribution in [0, 0.1) is 51.2 Å². The summed E-state index contributed by atoms with van der Waals surface area (Å²) in [5.41, 5.74) is 4.45. The summed E-state index contributed by atoms with van der Waals surface area (Å²) in [6, 6.07) is 0. The molecule has 8 unspecified atom stereocenters. The Morgan fingerprint density at radius 3 is 2.36 bits per heavy atom. The number of carboxylic acids is 1. The maximum atomic E-state index is 11.4. The van der Waals surface area contributed by atoms with E-state index in [0.717, 1.165) is 30.1 Å². The van der Waals surface area contributed by atoms with Gasteiger partial charge in [0.2, 0.25) is 0 Å². The lowest BCUT2D eigenvalue weighted by molar-refractivity contribution is -0.179. The number of allylic oxidation sites excluding steroid dienone is 5. The van der Waals surface area contributed by atoms with Crippen LogP contribution in [0.1, 0.15) is 106 Å². The summed E-state index contributed by atoms with van der Waals surface area (Å²) >= 11 is 0. The van der Waals surface area contributed by atoms with E-state index >= 15 is 0 Å². The molecule has 0 saturated heterocycles. The molecule has 36 heavy (non-hydrogen) atoms. The van der Waals surface area contributed by atoms with Crippen LogP contribution in [0.5, 0.6) is 0 Å². The normalized spacial score (nSPS) is 46.1. The minimum atomic E-state index is -0.915. The molecule has 2 nitrogen and oxygen atoms in total. The summed E-state index contributed by atoms with van der Waals surface area (Å²) in [4.78, 5) is 11.4. The molecule has 0 heterocycles. The highest BCUT2D eigenvalue weighted by Gasteiger charge is 2.64. The fourth-order valence-electron chi connectivity index (χ4n) is 11.4. The molecule has 0 aromatic heterocycles. The number of aliphatic carboxylic acids is 1. The molecule has 0 bridgehead atoms. The SMILES string of the molecule is C=C/C(=C\C=C(/C)C1=CCC2(C)C(CCC3(C)C4CCC5(C)CCCC5C4CCC32)C1(C)C)C(=O)O. The van der Waals surface area contributed by atoms with E-state index in [2.05, 4.69) is 54.2 Å². The van der Waals surface area contributed by atoms with Crippen LogP contribution >= 0.6 is 0 Å². The van der Waals surface area contributed by atoms with Crippen LogP contribution in [0.3, 0.4) is 0 Å². The van der Waals surface area contributed by atoms with Crippen molar-refractivity contribution in [1.29, 1.82) is 0 Å². The first kappa shape index (κ1) is 26.1. The quantitative estimate of drug-likeness (QED) is 0.315. The molecular formula is C34H50O2. The Kier molecular flexibility index (Phi) is 6.32. The average molecular weight is 491 g/mol. The fourth-order valence-corrected chi connectivity index (χ4v) is 11.4. The maximum Gasteiger partial charge on any atom is 0.335 e. The topological polar surface area (TPSA) is 37.3 Å². The molecule has 8 atom stereocenters. The highest BCUT2D eigenvalue weighted by atomic mass is 16.4. The van der Waals surface area contributed by atoms with Crippen molar-refractivity contribution in [3.8, 4) is 0 Å². The van der Waals surface area contributed by atoms with E-state index in [1.165, 1.54) is 75.0 Å². The van der Waals surface area contributed by atoms with Crippen molar-refractivity contribution in [3.05, 3.63) is 47.6 Å². The minimum Gasteiger partial charge on any atom is -0.478 e. The Bertz CT molecular complexity index is 1030. The van der Waals surface area contributed by atoms with Gasteiger partial charge in [-0.3, -0.25) is 0 Å². The van der Waals surface area contributed by atoms with E-state index in [1.807, 2.05) is 6.08 Å². The summed E-state index contributed by atoms with van der Waals surface area (Å²) < 4.78 is 0. The van der Waals surface area contributed by atoms with Crippen molar-refractivity contribution in [2.45, 2.75) is 106 Å². The zero-order valence-corrected chi connectivity index (χ0v) is 23.8. The predicted octanol–water partition coefficient (Wildman–Crippen LogP) is 9.15. The van der Waals surface area contributed by atoms with Gasteiger partial charge in [-0.25, -0.2) is 4.79 Å². The lowest BCUT2D eigenvalue weighted by Crippen LogP contribution is -2.61. The van der Waals surface area contributed by atoms with Crippen molar-refractivity contribution in [2.24, 2.45) is 51.2 Å². The fraction of sp³-hybridized carbons (Fsp3) is 0.735. The Morgan fingerprint density at radius 1 is 0.917 bits per heavy atom. The number of rotatable bonds is 4. The second-order valence-electron chi connectivity index (χ2n) is 14.7. The van der Waals surface area contributed by atoms with Crippen LogP contribution < -0.4 is 0 Å². The third-order valence-electron chi connectivity index (χ3n) is 12.9. The van der Waals surface area contributed by atoms with Gasteiger partial charge in [0.05, 0.1) is 5.57 Å². The molecule has 5 rings (SSSR count). The third-order valence-corrected chi connectivity index (χ3v) is 12.9. The summed E-state index contributed by atoms with van der Waals surface area (Å²) in [6.07, 6.45) is 21.8. The first-order valence-corrected chi connectivity index (χ1v) is 14.8. The number of fused-ring (bicyclic) bond motifs is 7. The first-order chi connectivity index (χ1) is 16.9. The Balaban J connectivity index is 1.45. The standard InChI is InChI=1S/C34H50O2/c1-8-23(30(35)36)12-11-22(2)25-16-20-34(7)28(31(25,3)4)17-21-33(6)27-15-19-32(5)18-9-10-26(32)24(27)13-14-29(33)34/h8,11-12,16,24,26-29H,1,9-10,13-15,17-21H2,2-7H3,(H,35,36)/b22-11+,23-12+. The number of hydrogen-bond donors (Lipinski definition) is 1. The average Bonchev–Trinajstić information content (AvgIpc) is 3.20. The van der Waals surface area contributed by atoms with Crippen molar-refractivity contribution in [3.63, 3.8) is 0 Å². The van der Waals surface area contributed by atoms with Crippen LogP contribution in [0.4, 0.5) is 0 Å². The number of hydrogen-bond acceptors (Lipinski definition) is 1. The van der Waals surface area contributed by atoms with Crippen molar-refractivity contribution < 1.29 is 9.90 Å². The second-order valence-corrected chi connectivity index (χ2v) is 14.7. The smallest absolute Gasteiger partial charge is 0.335 e. The van der Waals surface area contributed by atoms with E-state index in [4.69, 9.17) is 0 Å². The molecule has 5 aliphatic carbocycles. The van der Waals surface area contributed by atoms with Crippen LogP contribution in [0.25, 0.3) is 0 Å². The molecule has 0 spiro atoms. The first-order valence-electron chi connectivity index (χ1n) is 14.8. The molecule has 4 fully saturated rings. The minimum absolute atomic E-state index is 0.0910. The summed E-state index contributed by atoms with van der Waals surface area (Å²) in [7, 11) is 0. The van der Waals surface area contributed by atoms with Gasteiger partial charge >= 0.3 is 5.97 Å². The molecule has 0 radical (unpaired) electrons. The Hall–Kier alpha value is -1.57. The second kappa shape index (κ2) is 8.74. The summed E-state index contributed by atoms with van der Waals surface area (Å²) in [5.74, 6) is 3.46. The largest absolute Gasteiger partial charge is 0.478 e. The van der Waals surface area contributed by atoms with Gasteiger partial charge in [-0.05, 0) is 133 Å². The van der Waals surface area contributed by atoms with E-state index in [-0.39, 0.29) is 11.0 Å². The molecule has 2 heteroatoms. The van der Waals surface area contributed by atoms with E-state index in [1.54, 1.807) is 6.08 Å². The molecule has 198 valence electrons. The van der Waals surface area contributed by atoms with Crippen molar-refractivity contribution in [1.82, 2.24) is 0 Å². The van der Waals surface area contributed by atoms with E-state index in [9.17, 15) is 9.90 Å². The Morgan fingerprint density at radius 2 is 1.67 bits per heavy atom. The zero-order chi connectivity index (χ0) is 26.1. The molecule has 0 aromatic carbocycles. The number of carbonyl (C=O) groups is 1. The van der Waals surface area contributed by atoms with Crippen molar-refractivity contribution in [2.75, 3.05) is 0 Å². The molecule has 4 saturated carbocycles. The van der Waals surface area contributed by atoms with E-state index in [0.29, 0.717) is 22.2 Å². The molecule has 1 N–H and O–H groups in total. The van der Waals surface area contributed by atoms with Crippen LogP contribution in [0.2, 0.25) is 0 Å². The van der Waals surface area contributed by atoms with Gasteiger partial charge in [0.15, 0.2) is 0 Å². The molecule has 0 amide bonds. The molecule has 0 aromatic rings. The highest BCUT2D eigenvalue weighted by Crippen LogP contribution is 2.73. The van der Waals surface area contributed by atoms with Crippen LogP contribution in [-0.2, 0) is 4.79 Å². The van der Waals surface area contributed by atoms with Gasteiger partial charge in [-0.2, -0.15) is 0 Å². The number of carboxylic acid groups (broad SMARTS) is 1.